The molecule has 0 saturated carbocycles. The van der Waals surface area contributed by atoms with Crippen molar-refractivity contribution in [2.24, 2.45) is 0 Å². The van der Waals surface area contributed by atoms with E-state index >= 15 is 0 Å². The van der Waals surface area contributed by atoms with Gasteiger partial charge in [-0.15, -0.1) is 0 Å². The third kappa shape index (κ3) is 5.50. The molecule has 1 unspecified atom stereocenters. The van der Waals surface area contributed by atoms with Gasteiger partial charge in [0, 0.05) is 38.2 Å². The Morgan fingerprint density at radius 3 is 2.33 bits per heavy atom. The van der Waals surface area contributed by atoms with Gasteiger partial charge in [-0.05, 0) is 66.8 Å². The molecule has 9 heteroatoms. The number of fused-ring (bicyclic) bond motifs is 1. The summed E-state index contributed by atoms with van der Waals surface area (Å²) in [4.78, 5) is 2.70. The summed E-state index contributed by atoms with van der Waals surface area (Å²) in [6.07, 6.45) is -2.73. The van der Waals surface area contributed by atoms with Crippen LogP contribution in [0.15, 0.2) is 77.7 Å². The summed E-state index contributed by atoms with van der Waals surface area (Å²) in [7, 11) is -2.00. The first-order chi connectivity index (χ1) is 18.6. The van der Waals surface area contributed by atoms with E-state index in [1.165, 1.54) is 6.07 Å². The molecule has 2 fully saturated rings. The summed E-state index contributed by atoms with van der Waals surface area (Å²) in [5.41, 5.74) is 2.28. The lowest BCUT2D eigenvalue weighted by atomic mass is 9.74. The molecule has 2 aliphatic rings. The standard InChI is InChI=1S/C30H33F3N2O3S/c1-21-8-3-4-11-28(21)39(36,37)34-16-5-6-17-35-26(19-34)29(27(35)20-38-2)23-14-12-22(13-15-23)24-9-7-10-25(18-24)30(31,32)33/h3-4,7-15,18,26-27,29H,5-6,16-17,19-20H2,1-2H3/t26-,27?,29-/m0/s1. The monoisotopic (exact) mass is 558 g/mol. The highest BCUT2D eigenvalue weighted by Crippen LogP contribution is 2.43. The van der Waals surface area contributed by atoms with Gasteiger partial charge in [0.15, 0.2) is 0 Å². The average molecular weight is 559 g/mol. The predicted octanol–water partition coefficient (Wildman–Crippen LogP) is 5.95. The van der Waals surface area contributed by atoms with Crippen LogP contribution in [0.4, 0.5) is 13.2 Å². The van der Waals surface area contributed by atoms with Crippen LogP contribution in [-0.4, -0.2) is 63.1 Å². The van der Waals surface area contributed by atoms with E-state index in [1.807, 2.05) is 43.3 Å². The minimum absolute atomic E-state index is 0.0244. The highest BCUT2D eigenvalue weighted by Gasteiger charge is 2.50. The molecule has 3 aromatic rings. The van der Waals surface area contributed by atoms with Gasteiger partial charge in [0.1, 0.15) is 0 Å². The molecule has 5 rings (SSSR count). The van der Waals surface area contributed by atoms with Crippen LogP contribution >= 0.6 is 0 Å². The first-order valence-electron chi connectivity index (χ1n) is 13.2. The zero-order valence-corrected chi connectivity index (χ0v) is 22.9. The normalized spacial score (nSPS) is 22.9. The first-order valence-corrected chi connectivity index (χ1v) is 14.6. The molecule has 3 atom stereocenters. The Hall–Kier alpha value is -2.72. The Bertz CT molecular complexity index is 1410. The predicted molar refractivity (Wildman–Crippen MR) is 145 cm³/mol. The molecule has 0 bridgehead atoms. The van der Waals surface area contributed by atoms with Crippen LogP contribution in [0.1, 0.15) is 35.4 Å². The van der Waals surface area contributed by atoms with Crippen molar-refractivity contribution in [2.45, 2.75) is 48.8 Å². The highest BCUT2D eigenvalue weighted by atomic mass is 32.2. The zero-order valence-electron chi connectivity index (χ0n) is 22.1. The molecule has 2 saturated heterocycles. The Balaban J connectivity index is 1.44. The van der Waals surface area contributed by atoms with E-state index in [4.69, 9.17) is 4.74 Å². The average Bonchev–Trinajstić information content (AvgIpc) is 2.89. The molecule has 2 heterocycles. The third-order valence-corrected chi connectivity index (χ3v) is 10.0. The number of halogens is 3. The fourth-order valence-corrected chi connectivity index (χ4v) is 7.76. The second-order valence-electron chi connectivity index (χ2n) is 10.4. The lowest BCUT2D eigenvalue weighted by Crippen LogP contribution is -2.68. The SMILES string of the molecule is COCC1[C@@H](c2ccc(-c3cccc(C(F)(F)F)c3)cc2)[C@@H]2CN(S(=O)(=O)c3ccccc3C)CCCCN12. The Kier molecular flexibility index (Phi) is 7.88. The maximum atomic E-state index is 13.7. The molecule has 0 aromatic heterocycles. The van der Waals surface area contributed by atoms with Crippen molar-refractivity contribution in [3.8, 4) is 11.1 Å². The Labute approximate surface area is 228 Å². The molecule has 0 amide bonds. The maximum Gasteiger partial charge on any atom is 0.416 e. The van der Waals surface area contributed by atoms with Crippen LogP contribution in [0.3, 0.4) is 0 Å². The fourth-order valence-electron chi connectivity index (χ4n) is 6.04. The van der Waals surface area contributed by atoms with Crippen molar-refractivity contribution in [1.29, 1.82) is 0 Å². The molecule has 0 N–H and O–H groups in total. The topological polar surface area (TPSA) is 49.9 Å². The molecule has 208 valence electrons. The number of aryl methyl sites for hydroxylation is 1. The van der Waals surface area contributed by atoms with E-state index in [9.17, 15) is 21.6 Å². The number of ether oxygens (including phenoxy) is 1. The number of nitrogens with zero attached hydrogens (tertiary/aromatic N) is 2. The van der Waals surface area contributed by atoms with E-state index in [0.29, 0.717) is 35.7 Å². The van der Waals surface area contributed by atoms with Gasteiger partial charge in [0.05, 0.1) is 17.1 Å². The quantitative estimate of drug-likeness (QED) is 0.375. The lowest BCUT2D eigenvalue weighted by Gasteiger charge is -2.57. The van der Waals surface area contributed by atoms with Gasteiger partial charge in [-0.2, -0.15) is 17.5 Å². The minimum Gasteiger partial charge on any atom is -0.383 e. The molecule has 2 aliphatic heterocycles. The second-order valence-corrected chi connectivity index (χ2v) is 12.3. The van der Waals surface area contributed by atoms with Crippen LogP contribution in [0.5, 0.6) is 0 Å². The van der Waals surface area contributed by atoms with Gasteiger partial charge in [-0.3, -0.25) is 4.90 Å². The number of sulfonamides is 1. The third-order valence-electron chi connectivity index (χ3n) is 8.01. The van der Waals surface area contributed by atoms with Crippen LogP contribution in [0.2, 0.25) is 0 Å². The van der Waals surface area contributed by atoms with E-state index in [2.05, 4.69) is 4.90 Å². The lowest BCUT2D eigenvalue weighted by molar-refractivity contribution is -0.137. The van der Waals surface area contributed by atoms with Gasteiger partial charge in [-0.25, -0.2) is 8.42 Å². The first kappa shape index (κ1) is 27.8. The summed E-state index contributed by atoms with van der Waals surface area (Å²) in [5.74, 6) is 0.0354. The highest BCUT2D eigenvalue weighted by molar-refractivity contribution is 7.89. The summed E-state index contributed by atoms with van der Waals surface area (Å²) in [5, 5.41) is 0. The molecular formula is C30H33F3N2O3S. The summed E-state index contributed by atoms with van der Waals surface area (Å²) in [6, 6.07) is 20.1. The van der Waals surface area contributed by atoms with Crippen LogP contribution in [0.25, 0.3) is 11.1 Å². The van der Waals surface area contributed by atoms with Gasteiger partial charge in [0.25, 0.3) is 0 Å². The fraction of sp³-hybridized carbons (Fsp3) is 0.400. The molecule has 3 aromatic carbocycles. The smallest absolute Gasteiger partial charge is 0.383 e. The Morgan fingerprint density at radius 1 is 0.923 bits per heavy atom. The van der Waals surface area contributed by atoms with Crippen molar-refractivity contribution in [3.05, 3.63) is 89.5 Å². The van der Waals surface area contributed by atoms with Gasteiger partial charge >= 0.3 is 6.18 Å². The van der Waals surface area contributed by atoms with Gasteiger partial charge < -0.3 is 4.74 Å². The van der Waals surface area contributed by atoms with Gasteiger partial charge in [-0.1, -0.05) is 54.6 Å². The van der Waals surface area contributed by atoms with Crippen LogP contribution in [-0.2, 0) is 20.9 Å². The number of rotatable bonds is 6. The molecular weight excluding hydrogens is 525 g/mol. The van der Waals surface area contributed by atoms with Crippen molar-refractivity contribution in [1.82, 2.24) is 9.21 Å². The minimum atomic E-state index is -4.40. The van der Waals surface area contributed by atoms with Crippen molar-refractivity contribution >= 4 is 10.0 Å². The number of alkyl halides is 3. The number of benzene rings is 3. The molecule has 5 nitrogen and oxygen atoms in total. The van der Waals surface area contributed by atoms with Crippen LogP contribution < -0.4 is 0 Å². The van der Waals surface area contributed by atoms with E-state index in [0.717, 1.165) is 42.6 Å². The second kappa shape index (κ2) is 11.0. The molecule has 39 heavy (non-hydrogen) atoms. The number of hydrogen-bond donors (Lipinski definition) is 0. The number of hydrogen-bond acceptors (Lipinski definition) is 4. The van der Waals surface area contributed by atoms with Gasteiger partial charge in [0.2, 0.25) is 10.0 Å². The molecule has 0 radical (unpaired) electrons. The van der Waals surface area contributed by atoms with Crippen molar-refractivity contribution < 1.29 is 26.3 Å². The largest absolute Gasteiger partial charge is 0.416 e. The Morgan fingerprint density at radius 2 is 1.64 bits per heavy atom. The van der Waals surface area contributed by atoms with E-state index in [1.54, 1.807) is 29.6 Å². The summed E-state index contributed by atoms with van der Waals surface area (Å²) in [6.45, 7) is 4.04. The van der Waals surface area contributed by atoms with Crippen LogP contribution in [0, 0.1) is 6.92 Å². The van der Waals surface area contributed by atoms with E-state index < -0.39 is 21.8 Å². The zero-order chi connectivity index (χ0) is 27.8. The molecule has 0 aliphatic carbocycles. The molecule has 0 spiro atoms. The van der Waals surface area contributed by atoms with Crippen molar-refractivity contribution in [3.63, 3.8) is 0 Å². The summed E-state index contributed by atoms with van der Waals surface area (Å²) >= 11 is 0. The number of methoxy groups -OCH3 is 1. The summed E-state index contributed by atoms with van der Waals surface area (Å²) < 4.78 is 74.3. The maximum absolute atomic E-state index is 13.7. The van der Waals surface area contributed by atoms with Crippen molar-refractivity contribution in [2.75, 3.05) is 33.4 Å². The van der Waals surface area contributed by atoms with E-state index in [-0.39, 0.29) is 18.0 Å².